The molecular formula is C15H21N3O2. The number of ether oxygens (including phenoxy) is 1. The Balaban J connectivity index is 1.70. The molecule has 1 aromatic rings. The van der Waals surface area contributed by atoms with Gasteiger partial charge in [0.15, 0.2) is 0 Å². The van der Waals surface area contributed by atoms with Crippen molar-refractivity contribution in [3.05, 3.63) is 24.3 Å². The van der Waals surface area contributed by atoms with Gasteiger partial charge >= 0.3 is 0 Å². The number of anilines is 2. The molecule has 0 radical (unpaired) electrons. The number of rotatable bonds is 1. The summed E-state index contributed by atoms with van der Waals surface area (Å²) in [5, 5.41) is 6.64. The Kier molecular flexibility index (Phi) is 3.30. The molecule has 1 atom stereocenters. The number of benzene rings is 1. The van der Waals surface area contributed by atoms with Gasteiger partial charge in [-0.3, -0.25) is 4.79 Å². The van der Waals surface area contributed by atoms with Crippen LogP contribution in [0.2, 0.25) is 0 Å². The number of nitrogens with one attached hydrogen (secondary N) is 2. The van der Waals surface area contributed by atoms with Gasteiger partial charge in [-0.1, -0.05) is 12.1 Å². The summed E-state index contributed by atoms with van der Waals surface area (Å²) in [5.74, 6) is 0.142. The Morgan fingerprint density at radius 3 is 2.85 bits per heavy atom. The number of para-hydroxylation sites is 2. The maximum atomic E-state index is 12.6. The monoisotopic (exact) mass is 275 g/mol. The molecule has 1 fully saturated rings. The third kappa shape index (κ3) is 2.58. The Morgan fingerprint density at radius 2 is 2.10 bits per heavy atom. The third-order valence-corrected chi connectivity index (χ3v) is 3.79. The Labute approximate surface area is 119 Å². The highest BCUT2D eigenvalue weighted by Gasteiger charge is 2.34. The smallest absolute Gasteiger partial charge is 0.247 e. The minimum absolute atomic E-state index is 0.142. The number of hydrogen-bond donors (Lipinski definition) is 2. The molecule has 5 nitrogen and oxygen atoms in total. The molecule has 2 aliphatic rings. The molecule has 5 heteroatoms. The SMILES string of the molecule is CC1(C)CN(C(=O)C2CNc3ccccc3N2)CCO1. The van der Waals surface area contributed by atoms with Gasteiger partial charge in [-0.05, 0) is 26.0 Å². The van der Waals surface area contributed by atoms with Gasteiger partial charge in [0.25, 0.3) is 0 Å². The van der Waals surface area contributed by atoms with Gasteiger partial charge in [0.2, 0.25) is 5.91 Å². The number of carbonyl (C=O) groups excluding carboxylic acids is 1. The average Bonchev–Trinajstić information content (AvgIpc) is 2.45. The largest absolute Gasteiger partial charge is 0.381 e. The molecule has 2 aliphatic heterocycles. The maximum absolute atomic E-state index is 12.6. The molecule has 0 aliphatic carbocycles. The van der Waals surface area contributed by atoms with Crippen molar-refractivity contribution in [1.82, 2.24) is 4.90 Å². The van der Waals surface area contributed by atoms with E-state index in [1.54, 1.807) is 0 Å². The topological polar surface area (TPSA) is 53.6 Å². The van der Waals surface area contributed by atoms with E-state index < -0.39 is 0 Å². The van der Waals surface area contributed by atoms with Crippen LogP contribution in [0.1, 0.15) is 13.8 Å². The highest BCUT2D eigenvalue weighted by Crippen LogP contribution is 2.26. The standard InChI is InChI=1S/C15H21N3O2/c1-15(2)10-18(7-8-20-15)14(19)13-9-16-11-5-3-4-6-12(11)17-13/h3-6,13,16-17H,7-10H2,1-2H3. The maximum Gasteiger partial charge on any atom is 0.247 e. The predicted octanol–water partition coefficient (Wildman–Crippen LogP) is 1.53. The first-order chi connectivity index (χ1) is 9.55. The Morgan fingerprint density at radius 1 is 1.35 bits per heavy atom. The van der Waals surface area contributed by atoms with Crippen LogP contribution < -0.4 is 10.6 Å². The van der Waals surface area contributed by atoms with Gasteiger partial charge < -0.3 is 20.3 Å². The van der Waals surface area contributed by atoms with Gasteiger partial charge in [-0.15, -0.1) is 0 Å². The van der Waals surface area contributed by atoms with Crippen LogP contribution in [0.25, 0.3) is 0 Å². The quantitative estimate of drug-likeness (QED) is 0.816. The zero-order valence-corrected chi connectivity index (χ0v) is 12.0. The van der Waals surface area contributed by atoms with Crippen LogP contribution in [0.5, 0.6) is 0 Å². The van der Waals surface area contributed by atoms with Crippen LogP contribution in [0, 0.1) is 0 Å². The third-order valence-electron chi connectivity index (χ3n) is 3.79. The van der Waals surface area contributed by atoms with Gasteiger partial charge in [-0.25, -0.2) is 0 Å². The van der Waals surface area contributed by atoms with E-state index in [2.05, 4.69) is 10.6 Å². The van der Waals surface area contributed by atoms with Crippen LogP contribution in [-0.4, -0.2) is 48.7 Å². The fourth-order valence-corrected chi connectivity index (χ4v) is 2.79. The predicted molar refractivity (Wildman–Crippen MR) is 79.0 cm³/mol. The number of amides is 1. The minimum atomic E-state index is -0.256. The second-order valence-electron chi connectivity index (χ2n) is 5.99. The summed E-state index contributed by atoms with van der Waals surface area (Å²) in [6, 6.07) is 7.75. The van der Waals surface area contributed by atoms with Crippen LogP contribution in [0.4, 0.5) is 11.4 Å². The van der Waals surface area contributed by atoms with Crippen molar-refractivity contribution in [2.75, 3.05) is 36.9 Å². The molecule has 1 unspecified atom stereocenters. The van der Waals surface area contributed by atoms with E-state index in [-0.39, 0.29) is 17.6 Å². The van der Waals surface area contributed by atoms with Crippen molar-refractivity contribution in [2.45, 2.75) is 25.5 Å². The molecule has 2 N–H and O–H groups in total. The highest BCUT2D eigenvalue weighted by atomic mass is 16.5. The molecule has 0 bridgehead atoms. The van der Waals surface area contributed by atoms with E-state index in [0.29, 0.717) is 26.2 Å². The lowest BCUT2D eigenvalue weighted by Gasteiger charge is -2.40. The number of nitrogens with zero attached hydrogens (tertiary/aromatic N) is 1. The second kappa shape index (κ2) is 4.98. The zero-order chi connectivity index (χ0) is 14.2. The summed E-state index contributed by atoms with van der Waals surface area (Å²) >= 11 is 0. The molecule has 1 aromatic carbocycles. The van der Waals surface area contributed by atoms with Crippen molar-refractivity contribution < 1.29 is 9.53 Å². The normalized spacial score (nSPS) is 24.3. The molecule has 108 valence electrons. The average molecular weight is 275 g/mol. The number of carbonyl (C=O) groups is 1. The summed E-state index contributed by atoms with van der Waals surface area (Å²) in [5.41, 5.74) is 1.79. The van der Waals surface area contributed by atoms with Crippen molar-refractivity contribution in [3.8, 4) is 0 Å². The Bertz CT molecular complexity index is 516. The van der Waals surface area contributed by atoms with Gasteiger partial charge in [-0.2, -0.15) is 0 Å². The van der Waals surface area contributed by atoms with Gasteiger partial charge in [0.1, 0.15) is 6.04 Å². The molecule has 20 heavy (non-hydrogen) atoms. The molecule has 2 heterocycles. The van der Waals surface area contributed by atoms with E-state index in [1.807, 2.05) is 43.0 Å². The fourth-order valence-electron chi connectivity index (χ4n) is 2.79. The summed E-state index contributed by atoms with van der Waals surface area (Å²) in [7, 11) is 0. The van der Waals surface area contributed by atoms with Crippen LogP contribution >= 0.6 is 0 Å². The van der Waals surface area contributed by atoms with E-state index in [4.69, 9.17) is 4.74 Å². The molecule has 1 saturated heterocycles. The summed E-state index contributed by atoms with van der Waals surface area (Å²) in [4.78, 5) is 14.5. The molecule has 1 amide bonds. The molecule has 3 rings (SSSR count). The van der Waals surface area contributed by atoms with Crippen LogP contribution in [0.3, 0.4) is 0 Å². The van der Waals surface area contributed by atoms with Crippen molar-refractivity contribution in [3.63, 3.8) is 0 Å². The Hall–Kier alpha value is -1.75. The highest BCUT2D eigenvalue weighted by molar-refractivity contribution is 5.88. The van der Waals surface area contributed by atoms with E-state index in [1.165, 1.54) is 0 Å². The lowest BCUT2D eigenvalue weighted by molar-refractivity contribution is -0.146. The number of fused-ring (bicyclic) bond motifs is 1. The lowest BCUT2D eigenvalue weighted by atomic mass is 10.1. The van der Waals surface area contributed by atoms with Gasteiger partial charge in [0, 0.05) is 19.6 Å². The van der Waals surface area contributed by atoms with Crippen LogP contribution in [-0.2, 0) is 9.53 Å². The summed E-state index contributed by atoms with van der Waals surface area (Å²) in [6.07, 6.45) is 0. The van der Waals surface area contributed by atoms with E-state index >= 15 is 0 Å². The second-order valence-corrected chi connectivity index (χ2v) is 5.99. The molecule has 0 aromatic heterocycles. The first-order valence-corrected chi connectivity index (χ1v) is 7.07. The summed E-state index contributed by atoms with van der Waals surface area (Å²) < 4.78 is 5.66. The fraction of sp³-hybridized carbons (Fsp3) is 0.533. The molecule has 0 saturated carbocycles. The number of hydrogen-bond acceptors (Lipinski definition) is 4. The van der Waals surface area contributed by atoms with E-state index in [9.17, 15) is 4.79 Å². The first-order valence-electron chi connectivity index (χ1n) is 7.07. The van der Waals surface area contributed by atoms with Gasteiger partial charge in [0.05, 0.1) is 23.6 Å². The first kappa shape index (κ1) is 13.2. The number of morpholine rings is 1. The van der Waals surface area contributed by atoms with Crippen molar-refractivity contribution >= 4 is 17.3 Å². The summed E-state index contributed by atoms with van der Waals surface area (Å²) in [6.45, 7) is 6.58. The molecule has 0 spiro atoms. The van der Waals surface area contributed by atoms with E-state index in [0.717, 1.165) is 11.4 Å². The lowest BCUT2D eigenvalue weighted by Crippen LogP contribution is -2.56. The van der Waals surface area contributed by atoms with Crippen molar-refractivity contribution in [1.29, 1.82) is 0 Å². The molecular weight excluding hydrogens is 254 g/mol. The van der Waals surface area contributed by atoms with Crippen molar-refractivity contribution in [2.24, 2.45) is 0 Å². The van der Waals surface area contributed by atoms with Crippen LogP contribution in [0.15, 0.2) is 24.3 Å². The zero-order valence-electron chi connectivity index (χ0n) is 12.0. The minimum Gasteiger partial charge on any atom is -0.381 e.